The minimum Gasteiger partial charge on any atom is -0.465 e. The third kappa shape index (κ3) is 5.11. The lowest BCUT2D eigenvalue weighted by Gasteiger charge is -2.36. The zero-order valence-electron chi connectivity index (χ0n) is 12.3. The molecule has 1 heterocycles. The fourth-order valence-corrected chi connectivity index (χ4v) is 3.25. The van der Waals surface area contributed by atoms with Crippen LogP contribution in [-0.2, 0) is 9.53 Å². The average Bonchev–Trinajstić information content (AvgIpc) is 2.42. The number of carbonyl (C=O) groups is 1. The molecule has 2 fully saturated rings. The lowest BCUT2D eigenvalue weighted by atomic mass is 9.89. The van der Waals surface area contributed by atoms with Crippen LogP contribution in [0.1, 0.15) is 39.0 Å². The number of ether oxygens (including phenoxy) is 1. The highest BCUT2D eigenvalue weighted by atomic mass is 16.5. The average molecular weight is 268 g/mol. The second-order valence-corrected chi connectivity index (χ2v) is 5.89. The topological polar surface area (TPSA) is 32.8 Å². The van der Waals surface area contributed by atoms with Crippen molar-refractivity contribution in [2.24, 2.45) is 5.92 Å². The van der Waals surface area contributed by atoms with E-state index in [1.807, 2.05) is 6.92 Å². The fourth-order valence-electron chi connectivity index (χ4n) is 3.25. The Morgan fingerprint density at radius 2 is 1.68 bits per heavy atom. The maximum absolute atomic E-state index is 11.4. The van der Waals surface area contributed by atoms with E-state index in [1.165, 1.54) is 38.6 Å². The highest BCUT2D eigenvalue weighted by Crippen LogP contribution is 2.24. The molecule has 2 aliphatic rings. The van der Waals surface area contributed by atoms with Crippen molar-refractivity contribution in [2.45, 2.75) is 39.0 Å². The molecular formula is C15H28N2O2. The predicted molar refractivity (Wildman–Crippen MR) is 76.1 cm³/mol. The molecule has 4 heteroatoms. The van der Waals surface area contributed by atoms with Gasteiger partial charge in [0.05, 0.1) is 13.2 Å². The largest absolute Gasteiger partial charge is 0.465 e. The van der Waals surface area contributed by atoms with E-state index in [-0.39, 0.29) is 5.97 Å². The van der Waals surface area contributed by atoms with E-state index in [0.717, 1.165) is 32.1 Å². The Morgan fingerprint density at radius 3 is 2.32 bits per heavy atom. The van der Waals surface area contributed by atoms with Gasteiger partial charge in [0.15, 0.2) is 0 Å². The van der Waals surface area contributed by atoms with Crippen LogP contribution in [0.5, 0.6) is 0 Å². The van der Waals surface area contributed by atoms with Crippen molar-refractivity contribution < 1.29 is 9.53 Å². The maximum atomic E-state index is 11.4. The Morgan fingerprint density at radius 1 is 1.05 bits per heavy atom. The van der Waals surface area contributed by atoms with Crippen molar-refractivity contribution in [2.75, 3.05) is 45.9 Å². The predicted octanol–water partition coefficient (Wildman–Crippen LogP) is 1.75. The SMILES string of the molecule is CCOC(=O)CN1CCN(CC2CCCCC2)CC1. The molecular weight excluding hydrogens is 240 g/mol. The molecule has 1 aliphatic carbocycles. The molecule has 1 saturated carbocycles. The Kier molecular flexibility index (Phi) is 6.11. The molecule has 1 saturated heterocycles. The van der Waals surface area contributed by atoms with Gasteiger partial charge in [-0.2, -0.15) is 0 Å². The zero-order chi connectivity index (χ0) is 13.5. The summed E-state index contributed by atoms with van der Waals surface area (Å²) in [6, 6.07) is 0. The van der Waals surface area contributed by atoms with Gasteiger partial charge in [-0.1, -0.05) is 19.3 Å². The van der Waals surface area contributed by atoms with Gasteiger partial charge in [0.2, 0.25) is 0 Å². The van der Waals surface area contributed by atoms with Crippen LogP contribution in [0.4, 0.5) is 0 Å². The first kappa shape index (κ1) is 14.8. The van der Waals surface area contributed by atoms with Crippen LogP contribution in [0.2, 0.25) is 0 Å². The molecule has 0 atom stereocenters. The summed E-state index contributed by atoms with van der Waals surface area (Å²) in [6.07, 6.45) is 7.12. The van der Waals surface area contributed by atoms with E-state index >= 15 is 0 Å². The molecule has 0 spiro atoms. The second kappa shape index (κ2) is 7.85. The van der Waals surface area contributed by atoms with Crippen LogP contribution in [0.15, 0.2) is 0 Å². The lowest BCUT2D eigenvalue weighted by molar-refractivity contribution is -0.144. The van der Waals surface area contributed by atoms with Crippen LogP contribution >= 0.6 is 0 Å². The Labute approximate surface area is 117 Å². The smallest absolute Gasteiger partial charge is 0.320 e. The summed E-state index contributed by atoms with van der Waals surface area (Å²) in [4.78, 5) is 16.2. The summed E-state index contributed by atoms with van der Waals surface area (Å²) >= 11 is 0. The van der Waals surface area contributed by atoms with E-state index in [1.54, 1.807) is 0 Å². The zero-order valence-corrected chi connectivity index (χ0v) is 12.3. The normalized spacial score (nSPS) is 23.4. The standard InChI is InChI=1S/C15H28N2O2/c1-2-19-15(18)13-17-10-8-16(9-11-17)12-14-6-4-3-5-7-14/h14H,2-13H2,1H3. The van der Waals surface area contributed by atoms with Crippen molar-refractivity contribution >= 4 is 5.97 Å². The van der Waals surface area contributed by atoms with Crippen molar-refractivity contribution in [3.63, 3.8) is 0 Å². The molecule has 1 aliphatic heterocycles. The van der Waals surface area contributed by atoms with Gasteiger partial charge in [0, 0.05) is 32.7 Å². The molecule has 0 N–H and O–H groups in total. The molecule has 0 amide bonds. The molecule has 0 bridgehead atoms. The van der Waals surface area contributed by atoms with Gasteiger partial charge in [-0.3, -0.25) is 9.69 Å². The van der Waals surface area contributed by atoms with Crippen LogP contribution in [-0.4, -0.2) is 61.6 Å². The van der Waals surface area contributed by atoms with Crippen molar-refractivity contribution in [3.8, 4) is 0 Å². The number of hydrogen-bond donors (Lipinski definition) is 0. The van der Waals surface area contributed by atoms with E-state index in [4.69, 9.17) is 4.74 Å². The minimum atomic E-state index is -0.0803. The highest BCUT2D eigenvalue weighted by Gasteiger charge is 2.22. The van der Waals surface area contributed by atoms with Crippen LogP contribution in [0, 0.1) is 5.92 Å². The number of rotatable bonds is 5. The van der Waals surface area contributed by atoms with Gasteiger partial charge < -0.3 is 9.64 Å². The molecule has 19 heavy (non-hydrogen) atoms. The van der Waals surface area contributed by atoms with Gasteiger partial charge in [0.1, 0.15) is 0 Å². The third-order valence-electron chi connectivity index (χ3n) is 4.36. The van der Waals surface area contributed by atoms with Crippen molar-refractivity contribution in [3.05, 3.63) is 0 Å². The van der Waals surface area contributed by atoms with E-state index in [2.05, 4.69) is 9.80 Å². The van der Waals surface area contributed by atoms with Gasteiger partial charge in [-0.05, 0) is 25.7 Å². The van der Waals surface area contributed by atoms with E-state index in [9.17, 15) is 4.79 Å². The maximum Gasteiger partial charge on any atom is 0.320 e. The molecule has 4 nitrogen and oxygen atoms in total. The van der Waals surface area contributed by atoms with Crippen LogP contribution < -0.4 is 0 Å². The monoisotopic (exact) mass is 268 g/mol. The highest BCUT2D eigenvalue weighted by molar-refractivity contribution is 5.71. The van der Waals surface area contributed by atoms with Gasteiger partial charge >= 0.3 is 5.97 Å². The fraction of sp³-hybridized carbons (Fsp3) is 0.933. The first-order valence-corrected chi connectivity index (χ1v) is 7.88. The number of carbonyl (C=O) groups excluding carboxylic acids is 1. The molecule has 110 valence electrons. The third-order valence-corrected chi connectivity index (χ3v) is 4.36. The van der Waals surface area contributed by atoms with Crippen molar-refractivity contribution in [1.29, 1.82) is 0 Å². The number of piperazine rings is 1. The van der Waals surface area contributed by atoms with E-state index < -0.39 is 0 Å². The number of hydrogen-bond acceptors (Lipinski definition) is 4. The number of nitrogens with zero attached hydrogens (tertiary/aromatic N) is 2. The molecule has 0 aromatic rings. The summed E-state index contributed by atoms with van der Waals surface area (Å²) in [5, 5.41) is 0. The molecule has 0 aromatic carbocycles. The van der Waals surface area contributed by atoms with Gasteiger partial charge in [-0.15, -0.1) is 0 Å². The first-order valence-electron chi connectivity index (χ1n) is 7.88. The number of esters is 1. The summed E-state index contributed by atoms with van der Waals surface area (Å²) in [6.45, 7) is 8.31. The quantitative estimate of drug-likeness (QED) is 0.711. The summed E-state index contributed by atoms with van der Waals surface area (Å²) in [7, 11) is 0. The Hall–Kier alpha value is -0.610. The van der Waals surface area contributed by atoms with Gasteiger partial charge in [0.25, 0.3) is 0 Å². The van der Waals surface area contributed by atoms with Crippen LogP contribution in [0.3, 0.4) is 0 Å². The molecule has 0 aromatic heterocycles. The minimum absolute atomic E-state index is 0.0803. The first-order chi connectivity index (χ1) is 9.28. The molecule has 2 rings (SSSR count). The lowest BCUT2D eigenvalue weighted by Crippen LogP contribution is -2.49. The summed E-state index contributed by atoms with van der Waals surface area (Å²) in [5.41, 5.74) is 0. The van der Waals surface area contributed by atoms with E-state index in [0.29, 0.717) is 13.2 Å². The Bertz CT molecular complexity index is 269. The Balaban J connectivity index is 1.63. The van der Waals surface area contributed by atoms with Crippen molar-refractivity contribution in [1.82, 2.24) is 9.80 Å². The second-order valence-electron chi connectivity index (χ2n) is 5.89. The van der Waals surface area contributed by atoms with Gasteiger partial charge in [-0.25, -0.2) is 0 Å². The summed E-state index contributed by atoms with van der Waals surface area (Å²) < 4.78 is 5.00. The molecule has 0 unspecified atom stereocenters. The van der Waals surface area contributed by atoms with Crippen LogP contribution in [0.25, 0.3) is 0 Å². The molecule has 0 radical (unpaired) electrons. The summed E-state index contributed by atoms with van der Waals surface area (Å²) in [5.74, 6) is 0.841.